The molecule has 0 aliphatic carbocycles. The molecule has 24 heteroatoms. The average molecular weight is 1180 g/mol. The summed E-state index contributed by atoms with van der Waals surface area (Å²) in [5.41, 5.74) is 1.80. The molecule has 0 radical (unpaired) electrons. The zero-order valence-corrected chi connectivity index (χ0v) is 48.7. The van der Waals surface area contributed by atoms with Crippen LogP contribution in [0.5, 0.6) is 0 Å². The van der Waals surface area contributed by atoms with Crippen molar-refractivity contribution >= 4 is 55.5 Å². The molecule has 0 spiro atoms. The van der Waals surface area contributed by atoms with Crippen LogP contribution in [0.25, 0.3) is 0 Å². The molecule has 6 amide bonds. The van der Waals surface area contributed by atoms with Gasteiger partial charge in [-0.05, 0) is 152 Å². The van der Waals surface area contributed by atoms with Gasteiger partial charge >= 0.3 is 11.8 Å². The standard InChI is InChI=1S/C58H78F2N10O10S2/c1-41(61-3)53(71)65-51(57(75)69-35-13-19-47(69)39-67(37-31-43-15-7-5-8-16-43)81(77,78)49-27-23-45(59)24-28-49)21-11-33-63-55(73)56(74)64-34-12-22-52(66-54(72)42(2)62-4)58(76)70-36-14-20-48(70)40-68(38-32-44-17-9-6-10-18-44)82(79,80)50-29-25-46(60)26-30-50/h5-10,15-18,23-30,41-42,47-48,51-52,61-62H,11-14,19-22,31-40H2,1-4H3,(H,63,73)(H,64,74)(H,65,71)(H,66,72)/t41-,42+,47-,48-,51?,52-/m0/s1. The molecule has 6 atom stereocenters. The molecule has 4 aromatic carbocycles. The van der Waals surface area contributed by atoms with E-state index in [0.717, 1.165) is 35.4 Å². The highest BCUT2D eigenvalue weighted by Crippen LogP contribution is 2.27. The van der Waals surface area contributed by atoms with Gasteiger partial charge in [-0.25, -0.2) is 25.6 Å². The van der Waals surface area contributed by atoms with Crippen LogP contribution in [0.15, 0.2) is 119 Å². The number of sulfonamides is 2. The third-order valence-electron chi connectivity index (χ3n) is 15.0. The van der Waals surface area contributed by atoms with Gasteiger partial charge < -0.3 is 41.7 Å². The fourth-order valence-corrected chi connectivity index (χ4v) is 12.9. The van der Waals surface area contributed by atoms with Crippen molar-refractivity contribution in [3.8, 4) is 0 Å². The topological polar surface area (TPSA) is 256 Å². The second-order valence-electron chi connectivity index (χ2n) is 20.7. The van der Waals surface area contributed by atoms with E-state index in [2.05, 4.69) is 31.9 Å². The van der Waals surface area contributed by atoms with E-state index in [1.807, 2.05) is 60.7 Å². The number of halogens is 2. The summed E-state index contributed by atoms with van der Waals surface area (Å²) < 4.78 is 86.8. The van der Waals surface area contributed by atoms with Crippen LogP contribution in [0.4, 0.5) is 8.78 Å². The Bertz CT molecular complexity index is 2790. The highest BCUT2D eigenvalue weighted by molar-refractivity contribution is 7.89. The van der Waals surface area contributed by atoms with E-state index in [-0.39, 0.29) is 74.7 Å². The largest absolute Gasteiger partial charge is 0.348 e. The number of amides is 6. The smallest absolute Gasteiger partial charge is 0.309 e. The maximum Gasteiger partial charge on any atom is 0.309 e. The molecule has 1 unspecified atom stereocenters. The molecular formula is C58H78F2N10O10S2. The van der Waals surface area contributed by atoms with E-state index in [1.54, 1.807) is 37.7 Å². The minimum atomic E-state index is -4.14. The van der Waals surface area contributed by atoms with Gasteiger partial charge in [0.05, 0.1) is 21.9 Å². The lowest BCUT2D eigenvalue weighted by molar-refractivity contribution is -0.139. The molecular weight excluding hydrogens is 1100 g/mol. The lowest BCUT2D eigenvalue weighted by Crippen LogP contribution is -2.55. The number of rotatable bonds is 30. The van der Waals surface area contributed by atoms with Crippen molar-refractivity contribution in [2.75, 3.05) is 66.5 Å². The van der Waals surface area contributed by atoms with Gasteiger partial charge in [-0.2, -0.15) is 8.61 Å². The van der Waals surface area contributed by atoms with Gasteiger partial charge in [0.25, 0.3) is 0 Å². The molecule has 82 heavy (non-hydrogen) atoms. The monoisotopic (exact) mass is 1180 g/mol. The third kappa shape index (κ3) is 18.1. The lowest BCUT2D eigenvalue weighted by Gasteiger charge is -2.33. The Balaban J connectivity index is 1.05. The summed E-state index contributed by atoms with van der Waals surface area (Å²) in [5, 5.41) is 16.5. The van der Waals surface area contributed by atoms with Gasteiger partial charge in [0.2, 0.25) is 43.7 Å². The lowest BCUT2D eigenvalue weighted by atomic mass is 10.1. The zero-order valence-electron chi connectivity index (χ0n) is 47.0. The first-order valence-electron chi connectivity index (χ1n) is 27.9. The summed E-state index contributed by atoms with van der Waals surface area (Å²) in [6, 6.07) is 23.2. The predicted octanol–water partition coefficient (Wildman–Crippen LogP) is 3.09. The van der Waals surface area contributed by atoms with Crippen molar-refractivity contribution < 1.29 is 54.4 Å². The van der Waals surface area contributed by atoms with Crippen molar-refractivity contribution in [2.45, 2.75) is 124 Å². The molecule has 4 aromatic rings. The molecule has 0 aromatic heterocycles. The molecule has 6 N–H and O–H groups in total. The van der Waals surface area contributed by atoms with Crippen molar-refractivity contribution in [2.24, 2.45) is 0 Å². The van der Waals surface area contributed by atoms with Gasteiger partial charge in [-0.1, -0.05) is 60.7 Å². The Labute approximate surface area is 480 Å². The molecule has 0 bridgehead atoms. The van der Waals surface area contributed by atoms with Crippen molar-refractivity contribution in [3.63, 3.8) is 0 Å². The number of hydrogen-bond acceptors (Lipinski definition) is 12. The molecule has 446 valence electrons. The number of benzene rings is 4. The average Bonchev–Trinajstić information content (AvgIpc) is 4.34. The van der Waals surface area contributed by atoms with Gasteiger partial charge in [-0.15, -0.1) is 0 Å². The van der Waals surface area contributed by atoms with Crippen LogP contribution in [0.1, 0.15) is 76.3 Å². The molecule has 0 saturated carbocycles. The maximum atomic E-state index is 14.4. The number of nitrogens with zero attached hydrogens (tertiary/aromatic N) is 4. The van der Waals surface area contributed by atoms with Crippen LogP contribution in [0, 0.1) is 11.6 Å². The van der Waals surface area contributed by atoms with E-state index in [0.29, 0.717) is 51.6 Å². The summed E-state index contributed by atoms with van der Waals surface area (Å²) in [6.45, 7) is 3.79. The number of likely N-dealkylation sites (N-methyl/N-ethyl adjacent to an activating group) is 2. The molecule has 2 saturated heterocycles. The number of hydrogen-bond donors (Lipinski definition) is 6. The summed E-state index contributed by atoms with van der Waals surface area (Å²) in [4.78, 5) is 84.5. The third-order valence-corrected chi connectivity index (χ3v) is 18.8. The molecule has 2 heterocycles. The maximum absolute atomic E-state index is 14.4. The number of carbonyl (C=O) groups excluding carboxylic acids is 6. The highest BCUT2D eigenvalue weighted by atomic mass is 32.2. The van der Waals surface area contributed by atoms with E-state index >= 15 is 0 Å². The summed E-state index contributed by atoms with van der Waals surface area (Å²) in [5.74, 6) is -4.90. The molecule has 6 rings (SSSR count). The Morgan fingerprint density at radius 3 is 1.24 bits per heavy atom. The van der Waals surface area contributed by atoms with Gasteiger partial charge in [0.15, 0.2) is 0 Å². The van der Waals surface area contributed by atoms with Crippen LogP contribution in [-0.4, -0.2) is 173 Å². The fourth-order valence-electron chi connectivity index (χ4n) is 9.98. The Morgan fingerprint density at radius 2 is 0.902 bits per heavy atom. The molecule has 2 aliphatic heterocycles. The van der Waals surface area contributed by atoms with E-state index in [4.69, 9.17) is 0 Å². The van der Waals surface area contributed by atoms with Gasteiger partial charge in [-0.3, -0.25) is 28.8 Å². The summed E-state index contributed by atoms with van der Waals surface area (Å²) >= 11 is 0. The zero-order chi connectivity index (χ0) is 59.4. The minimum Gasteiger partial charge on any atom is -0.348 e. The normalized spacial score (nSPS) is 17.0. The summed E-state index contributed by atoms with van der Waals surface area (Å²) in [7, 11) is -5.10. The summed E-state index contributed by atoms with van der Waals surface area (Å²) in [6.07, 6.45) is 3.27. The predicted molar refractivity (Wildman–Crippen MR) is 305 cm³/mol. The van der Waals surface area contributed by atoms with E-state index in [9.17, 15) is 54.4 Å². The van der Waals surface area contributed by atoms with Crippen LogP contribution >= 0.6 is 0 Å². The van der Waals surface area contributed by atoms with Crippen LogP contribution in [-0.2, 0) is 61.7 Å². The van der Waals surface area contributed by atoms with Crippen molar-refractivity contribution in [3.05, 3.63) is 132 Å². The SMILES string of the molecule is CN[C@@H](C)C(=O)NC(CCCNC(=O)C(=O)NCCC[C@H](NC(=O)[C@@H](C)NC)C(=O)N1CCC[C@H]1CN(CCc1ccccc1)S(=O)(=O)c1ccc(F)cc1)C(=O)N1CCC[C@H]1CN(CCc1ccccc1)S(=O)(=O)c1ccc(F)cc1. The highest BCUT2D eigenvalue weighted by Gasteiger charge is 2.39. The minimum absolute atomic E-state index is 0.0543. The van der Waals surface area contributed by atoms with E-state index < -0.39 is 103 Å². The van der Waals surface area contributed by atoms with E-state index in [1.165, 1.54) is 32.9 Å². The Kier molecular flexibility index (Phi) is 24.4. The van der Waals surface area contributed by atoms with Crippen molar-refractivity contribution in [1.29, 1.82) is 0 Å². The molecule has 2 fully saturated rings. The second-order valence-corrected chi connectivity index (χ2v) is 24.6. The number of carbonyl (C=O) groups is 6. The molecule has 20 nitrogen and oxygen atoms in total. The first-order valence-corrected chi connectivity index (χ1v) is 30.8. The van der Waals surface area contributed by atoms with Crippen molar-refractivity contribution in [1.82, 2.24) is 50.3 Å². The Morgan fingerprint density at radius 1 is 0.549 bits per heavy atom. The second kappa shape index (κ2) is 31.1. The van der Waals surface area contributed by atoms with Gasteiger partial charge in [0, 0.05) is 64.4 Å². The first-order chi connectivity index (χ1) is 39.2. The quantitative estimate of drug-likeness (QED) is 0.0326. The van der Waals surface area contributed by atoms with Crippen LogP contribution < -0.4 is 31.9 Å². The Hall–Kier alpha value is -6.70. The fraction of sp³-hybridized carbons (Fsp3) is 0.483. The first kappa shape index (κ1) is 64.5. The van der Waals surface area contributed by atoms with Crippen LogP contribution in [0.3, 0.4) is 0 Å². The number of likely N-dealkylation sites (tertiary alicyclic amines) is 2. The van der Waals surface area contributed by atoms with Gasteiger partial charge in [0.1, 0.15) is 23.7 Å². The molecule has 2 aliphatic rings. The van der Waals surface area contributed by atoms with Crippen LogP contribution in [0.2, 0.25) is 0 Å². The number of nitrogens with one attached hydrogen (secondary N) is 6.